The topological polar surface area (TPSA) is 58.6 Å². The van der Waals surface area contributed by atoms with Gasteiger partial charge in [0.15, 0.2) is 0 Å². The molecule has 0 heterocycles. The van der Waals surface area contributed by atoms with E-state index in [4.69, 9.17) is 4.74 Å². The molecule has 1 N–H and O–H groups in total. The zero-order valence-electron chi connectivity index (χ0n) is 19.3. The molecule has 31 heavy (non-hydrogen) atoms. The van der Waals surface area contributed by atoms with Crippen LogP contribution in [0.3, 0.4) is 0 Å². The summed E-state index contributed by atoms with van der Waals surface area (Å²) in [6.07, 6.45) is 1.51. The number of aryl methyl sites for hydroxylation is 1. The lowest BCUT2D eigenvalue weighted by atomic mass is 10.0. The average Bonchev–Trinajstić information content (AvgIpc) is 2.77. The van der Waals surface area contributed by atoms with Crippen molar-refractivity contribution in [3.8, 4) is 5.75 Å². The van der Waals surface area contributed by atoms with Gasteiger partial charge in [-0.2, -0.15) is 0 Å². The molecule has 0 unspecified atom stereocenters. The summed E-state index contributed by atoms with van der Waals surface area (Å²) in [4.78, 5) is 27.8. The summed E-state index contributed by atoms with van der Waals surface area (Å²) in [5.74, 6) is 1.05. The Hall–Kier alpha value is -2.82. The van der Waals surface area contributed by atoms with Crippen molar-refractivity contribution < 1.29 is 14.3 Å². The van der Waals surface area contributed by atoms with Crippen LogP contribution in [0, 0.1) is 12.8 Å². The zero-order valence-corrected chi connectivity index (χ0v) is 19.3. The molecule has 0 aliphatic heterocycles. The first-order chi connectivity index (χ1) is 14.9. The van der Waals surface area contributed by atoms with Crippen LogP contribution in [0.5, 0.6) is 5.75 Å². The summed E-state index contributed by atoms with van der Waals surface area (Å²) in [5, 5.41) is 3.00. The second kappa shape index (κ2) is 12.8. The minimum Gasteiger partial charge on any atom is -0.494 e. The fourth-order valence-corrected chi connectivity index (χ4v) is 3.39. The summed E-state index contributed by atoms with van der Waals surface area (Å²) >= 11 is 0. The quantitative estimate of drug-likeness (QED) is 0.501. The van der Waals surface area contributed by atoms with E-state index in [0.29, 0.717) is 44.9 Å². The Kier molecular flexibility index (Phi) is 10.1. The highest BCUT2D eigenvalue weighted by molar-refractivity contribution is 5.87. The Bertz CT molecular complexity index is 820. The van der Waals surface area contributed by atoms with Crippen LogP contribution in [-0.2, 0) is 16.1 Å². The van der Waals surface area contributed by atoms with E-state index in [1.54, 1.807) is 4.90 Å². The van der Waals surface area contributed by atoms with Gasteiger partial charge < -0.3 is 15.0 Å². The van der Waals surface area contributed by atoms with Crippen molar-refractivity contribution in [2.24, 2.45) is 5.92 Å². The molecule has 0 saturated carbocycles. The fourth-order valence-electron chi connectivity index (χ4n) is 3.39. The lowest BCUT2D eigenvalue weighted by Gasteiger charge is -2.31. The maximum absolute atomic E-state index is 13.2. The zero-order chi connectivity index (χ0) is 22.6. The number of hydrogen-bond acceptors (Lipinski definition) is 3. The van der Waals surface area contributed by atoms with Crippen molar-refractivity contribution in [2.45, 2.75) is 59.5 Å². The van der Waals surface area contributed by atoms with E-state index in [0.717, 1.165) is 16.9 Å². The number of carbonyl (C=O) groups is 2. The highest BCUT2D eigenvalue weighted by Crippen LogP contribution is 2.17. The van der Waals surface area contributed by atoms with Crippen LogP contribution in [0.15, 0.2) is 54.6 Å². The van der Waals surface area contributed by atoms with Crippen LogP contribution < -0.4 is 10.1 Å². The molecule has 0 bridgehead atoms. The summed E-state index contributed by atoms with van der Waals surface area (Å²) in [6.45, 7) is 9.60. The second-order valence-corrected chi connectivity index (χ2v) is 8.28. The molecule has 1 atom stereocenters. The number of nitrogens with zero attached hydrogens (tertiary/aromatic N) is 1. The Morgan fingerprint density at radius 1 is 1.03 bits per heavy atom. The van der Waals surface area contributed by atoms with Crippen LogP contribution >= 0.6 is 0 Å². The van der Waals surface area contributed by atoms with Crippen molar-refractivity contribution in [2.75, 3.05) is 13.2 Å². The molecule has 0 aliphatic carbocycles. The van der Waals surface area contributed by atoms with Gasteiger partial charge in [0, 0.05) is 19.5 Å². The number of carbonyl (C=O) groups excluding carboxylic acids is 2. The minimum atomic E-state index is -0.485. The average molecular weight is 425 g/mol. The first-order valence-electron chi connectivity index (χ1n) is 11.2. The molecule has 0 radical (unpaired) electrons. The van der Waals surface area contributed by atoms with Crippen molar-refractivity contribution in [1.29, 1.82) is 0 Å². The highest BCUT2D eigenvalue weighted by Gasteiger charge is 2.28. The Morgan fingerprint density at radius 2 is 1.71 bits per heavy atom. The minimum absolute atomic E-state index is 0.0218. The molecule has 0 aliphatic rings. The molecular weight excluding hydrogens is 388 g/mol. The molecule has 2 rings (SSSR count). The number of para-hydroxylation sites is 1. The van der Waals surface area contributed by atoms with E-state index in [1.165, 1.54) is 0 Å². The maximum atomic E-state index is 13.2. The summed E-state index contributed by atoms with van der Waals surface area (Å²) < 4.78 is 5.72. The Morgan fingerprint density at radius 3 is 2.35 bits per heavy atom. The van der Waals surface area contributed by atoms with E-state index in [-0.39, 0.29) is 11.8 Å². The summed E-state index contributed by atoms with van der Waals surface area (Å²) in [6, 6.07) is 17.1. The van der Waals surface area contributed by atoms with E-state index in [1.807, 2.05) is 68.4 Å². The summed E-state index contributed by atoms with van der Waals surface area (Å²) in [7, 11) is 0. The van der Waals surface area contributed by atoms with Gasteiger partial charge in [-0.1, -0.05) is 63.2 Å². The number of ether oxygens (including phenoxy) is 1. The number of benzene rings is 2. The standard InChI is InChI=1S/C26H36N2O3/c1-5-24(26(30)27-18-20(2)3)28(19-22-13-10-9-12-21(22)4)25(29)16-11-17-31-23-14-7-6-8-15-23/h6-10,12-15,20,24H,5,11,16-19H2,1-4H3,(H,27,30)/t24-/m0/s1. The molecule has 2 aromatic carbocycles. The molecule has 0 fully saturated rings. The molecular formula is C26H36N2O3. The number of hydrogen-bond donors (Lipinski definition) is 1. The fraction of sp³-hybridized carbons (Fsp3) is 0.462. The SMILES string of the molecule is CC[C@@H](C(=O)NCC(C)C)N(Cc1ccccc1C)C(=O)CCCOc1ccccc1. The van der Waals surface area contributed by atoms with E-state index < -0.39 is 6.04 Å². The monoisotopic (exact) mass is 424 g/mol. The smallest absolute Gasteiger partial charge is 0.242 e. The van der Waals surface area contributed by atoms with Gasteiger partial charge in [-0.25, -0.2) is 0 Å². The van der Waals surface area contributed by atoms with Crippen LogP contribution in [0.4, 0.5) is 0 Å². The predicted octanol–water partition coefficient (Wildman–Crippen LogP) is 4.73. The Labute approximate surface area is 186 Å². The molecule has 5 heteroatoms. The molecule has 168 valence electrons. The van der Waals surface area contributed by atoms with E-state index in [9.17, 15) is 9.59 Å². The van der Waals surface area contributed by atoms with Crippen LogP contribution in [0.1, 0.15) is 51.2 Å². The molecule has 5 nitrogen and oxygen atoms in total. The number of rotatable bonds is 12. The number of nitrogens with one attached hydrogen (secondary N) is 1. The van der Waals surface area contributed by atoms with Gasteiger partial charge in [0.25, 0.3) is 0 Å². The normalized spacial score (nSPS) is 11.8. The highest BCUT2D eigenvalue weighted by atomic mass is 16.5. The second-order valence-electron chi connectivity index (χ2n) is 8.28. The van der Waals surface area contributed by atoms with Gasteiger partial charge in [0.1, 0.15) is 11.8 Å². The molecule has 2 aromatic rings. The summed E-state index contributed by atoms with van der Waals surface area (Å²) in [5.41, 5.74) is 2.18. The molecule has 2 amide bonds. The van der Waals surface area contributed by atoms with Crippen LogP contribution in [0.25, 0.3) is 0 Å². The lowest BCUT2D eigenvalue weighted by Crippen LogP contribution is -2.49. The largest absolute Gasteiger partial charge is 0.494 e. The third-order valence-corrected chi connectivity index (χ3v) is 5.22. The third kappa shape index (κ3) is 8.08. The van der Waals surface area contributed by atoms with Crippen molar-refractivity contribution >= 4 is 11.8 Å². The lowest BCUT2D eigenvalue weighted by molar-refractivity contribution is -0.141. The number of amides is 2. The Balaban J connectivity index is 2.06. The predicted molar refractivity (Wildman–Crippen MR) is 125 cm³/mol. The van der Waals surface area contributed by atoms with Crippen LogP contribution in [-0.4, -0.2) is 35.9 Å². The van der Waals surface area contributed by atoms with Gasteiger partial charge in [-0.05, 0) is 48.9 Å². The molecule has 0 spiro atoms. The third-order valence-electron chi connectivity index (χ3n) is 5.22. The van der Waals surface area contributed by atoms with E-state index >= 15 is 0 Å². The van der Waals surface area contributed by atoms with E-state index in [2.05, 4.69) is 19.2 Å². The van der Waals surface area contributed by atoms with Gasteiger partial charge >= 0.3 is 0 Å². The maximum Gasteiger partial charge on any atom is 0.242 e. The van der Waals surface area contributed by atoms with Gasteiger partial charge in [0.2, 0.25) is 11.8 Å². The van der Waals surface area contributed by atoms with Crippen molar-refractivity contribution in [3.05, 3.63) is 65.7 Å². The van der Waals surface area contributed by atoms with Gasteiger partial charge in [0.05, 0.1) is 6.61 Å². The molecule has 0 saturated heterocycles. The molecule has 0 aromatic heterocycles. The van der Waals surface area contributed by atoms with Crippen LogP contribution in [0.2, 0.25) is 0 Å². The van der Waals surface area contributed by atoms with Gasteiger partial charge in [-0.15, -0.1) is 0 Å². The van der Waals surface area contributed by atoms with Crippen molar-refractivity contribution in [3.63, 3.8) is 0 Å². The first-order valence-corrected chi connectivity index (χ1v) is 11.2. The van der Waals surface area contributed by atoms with Crippen molar-refractivity contribution in [1.82, 2.24) is 10.2 Å². The van der Waals surface area contributed by atoms with Gasteiger partial charge in [-0.3, -0.25) is 9.59 Å². The first kappa shape index (κ1) is 24.4.